The SMILES string of the molecule is O=C1OCC2C=C(/C=C/c3ccc4ccc(Cl)cc4n3)C=C(CCCc3ccccc31)C2. The van der Waals surface area contributed by atoms with E-state index in [2.05, 4.69) is 24.3 Å². The quantitative estimate of drug-likeness (QED) is 0.403. The Hall–Kier alpha value is -3.17. The zero-order valence-corrected chi connectivity index (χ0v) is 18.5. The monoisotopic (exact) mass is 441 g/mol. The van der Waals surface area contributed by atoms with Gasteiger partial charge < -0.3 is 4.74 Å². The fraction of sp³-hybridized carbons (Fsp3) is 0.214. The highest BCUT2D eigenvalue weighted by molar-refractivity contribution is 6.31. The number of hydrogen-bond donors (Lipinski definition) is 0. The third-order valence-electron chi connectivity index (χ3n) is 6.06. The van der Waals surface area contributed by atoms with E-state index in [4.69, 9.17) is 21.3 Å². The maximum atomic E-state index is 12.6. The van der Waals surface area contributed by atoms with E-state index >= 15 is 0 Å². The molecule has 0 N–H and O–H groups in total. The van der Waals surface area contributed by atoms with Crippen LogP contribution in [0, 0.1) is 5.92 Å². The molecule has 32 heavy (non-hydrogen) atoms. The lowest BCUT2D eigenvalue weighted by atomic mass is 9.87. The Labute approximate surface area is 193 Å². The number of aryl methyl sites for hydroxylation is 1. The zero-order valence-electron chi connectivity index (χ0n) is 17.8. The molecule has 4 heteroatoms. The Kier molecular flexibility index (Phi) is 5.91. The molecule has 0 saturated carbocycles. The number of nitrogens with zero attached hydrogens (tertiary/aromatic N) is 1. The van der Waals surface area contributed by atoms with Crippen LogP contribution in [0.3, 0.4) is 0 Å². The number of pyridine rings is 1. The first kappa shape index (κ1) is 20.7. The van der Waals surface area contributed by atoms with Gasteiger partial charge in [-0.15, -0.1) is 0 Å². The van der Waals surface area contributed by atoms with Crippen molar-refractivity contribution in [3.8, 4) is 0 Å². The minimum Gasteiger partial charge on any atom is -0.461 e. The molecule has 2 aliphatic rings. The number of carbonyl (C=O) groups is 1. The molecule has 1 atom stereocenters. The highest BCUT2D eigenvalue weighted by atomic mass is 35.5. The van der Waals surface area contributed by atoms with E-state index in [-0.39, 0.29) is 11.9 Å². The highest BCUT2D eigenvalue weighted by Crippen LogP contribution is 2.29. The molecule has 5 rings (SSSR count). The van der Waals surface area contributed by atoms with Gasteiger partial charge in [0.1, 0.15) is 0 Å². The number of halogens is 1. The van der Waals surface area contributed by atoms with Crippen molar-refractivity contribution in [3.63, 3.8) is 0 Å². The first-order valence-corrected chi connectivity index (χ1v) is 11.4. The molecule has 3 aromatic rings. The summed E-state index contributed by atoms with van der Waals surface area (Å²) in [6.45, 7) is 0.397. The summed E-state index contributed by atoms with van der Waals surface area (Å²) in [7, 11) is 0. The van der Waals surface area contributed by atoms with Crippen LogP contribution in [0.25, 0.3) is 17.0 Å². The standard InChI is InChI=1S/C28H24ClNO2/c29-24-11-9-23-10-13-25(30-27(23)17-24)12-8-20-14-19-4-3-6-22-5-1-2-7-26(22)28(31)32-18-21(15-19)16-20/h1-2,5,7-14,16-17,21H,3-4,6,15,18H2/b12-8+. The molecule has 0 saturated heterocycles. The van der Waals surface area contributed by atoms with E-state index in [0.29, 0.717) is 17.2 Å². The first-order valence-electron chi connectivity index (χ1n) is 11.0. The van der Waals surface area contributed by atoms with Gasteiger partial charge in [-0.05, 0) is 67.2 Å². The molecule has 0 radical (unpaired) electrons. The third kappa shape index (κ3) is 4.68. The Morgan fingerprint density at radius 2 is 1.91 bits per heavy atom. The lowest BCUT2D eigenvalue weighted by Crippen LogP contribution is -2.16. The van der Waals surface area contributed by atoms with Gasteiger partial charge in [-0.3, -0.25) is 0 Å². The van der Waals surface area contributed by atoms with Crippen LogP contribution in [0.15, 0.2) is 84.0 Å². The molecular weight excluding hydrogens is 418 g/mol. The van der Waals surface area contributed by atoms with Crippen LogP contribution in [0.2, 0.25) is 5.02 Å². The molecule has 0 spiro atoms. The predicted molar refractivity (Wildman–Crippen MR) is 130 cm³/mol. The van der Waals surface area contributed by atoms with Crippen LogP contribution in [-0.4, -0.2) is 17.6 Å². The van der Waals surface area contributed by atoms with Gasteiger partial charge in [-0.25, -0.2) is 9.78 Å². The van der Waals surface area contributed by atoms with Crippen molar-refractivity contribution >= 4 is 34.5 Å². The predicted octanol–water partition coefficient (Wildman–Crippen LogP) is 6.97. The van der Waals surface area contributed by atoms with Crippen LogP contribution in [0.1, 0.15) is 40.9 Å². The summed E-state index contributed by atoms with van der Waals surface area (Å²) in [5.74, 6) is -0.0321. The van der Waals surface area contributed by atoms with Gasteiger partial charge in [0, 0.05) is 16.3 Å². The summed E-state index contributed by atoms with van der Waals surface area (Å²) in [5, 5.41) is 1.75. The average molecular weight is 442 g/mol. The van der Waals surface area contributed by atoms with E-state index in [0.717, 1.165) is 53.4 Å². The summed E-state index contributed by atoms with van der Waals surface area (Å²) < 4.78 is 5.70. The lowest BCUT2D eigenvalue weighted by Gasteiger charge is -2.20. The summed E-state index contributed by atoms with van der Waals surface area (Å²) in [5.41, 5.74) is 6.09. The van der Waals surface area contributed by atoms with Crippen LogP contribution < -0.4 is 0 Å². The maximum Gasteiger partial charge on any atom is 0.338 e. The molecule has 1 unspecified atom stereocenters. The van der Waals surface area contributed by atoms with Crippen molar-refractivity contribution in [2.24, 2.45) is 5.92 Å². The number of hydrogen-bond acceptors (Lipinski definition) is 3. The Morgan fingerprint density at radius 1 is 1.03 bits per heavy atom. The number of carbonyl (C=O) groups excluding carboxylic acids is 1. The highest BCUT2D eigenvalue weighted by Gasteiger charge is 2.20. The second-order valence-electron chi connectivity index (χ2n) is 8.45. The number of ether oxygens (including phenoxy) is 1. The molecule has 3 nitrogen and oxygen atoms in total. The van der Waals surface area contributed by atoms with Crippen molar-refractivity contribution in [1.29, 1.82) is 0 Å². The van der Waals surface area contributed by atoms with Gasteiger partial charge in [-0.1, -0.05) is 65.7 Å². The molecule has 1 aliphatic heterocycles. The number of benzene rings is 2. The number of fused-ring (bicyclic) bond motifs is 4. The van der Waals surface area contributed by atoms with E-state index in [9.17, 15) is 4.79 Å². The van der Waals surface area contributed by atoms with Gasteiger partial charge in [0.15, 0.2) is 0 Å². The Bertz CT molecular complexity index is 1270. The van der Waals surface area contributed by atoms with Gasteiger partial charge in [0.2, 0.25) is 0 Å². The van der Waals surface area contributed by atoms with Gasteiger partial charge in [0.25, 0.3) is 0 Å². The summed E-state index contributed by atoms with van der Waals surface area (Å²) in [6, 6.07) is 17.6. The van der Waals surface area contributed by atoms with E-state index < -0.39 is 0 Å². The third-order valence-corrected chi connectivity index (χ3v) is 6.29. The second-order valence-corrected chi connectivity index (χ2v) is 8.89. The number of allylic oxidation sites excluding steroid dienone is 4. The molecule has 0 fully saturated rings. The molecule has 2 aromatic carbocycles. The van der Waals surface area contributed by atoms with Crippen molar-refractivity contribution < 1.29 is 9.53 Å². The molecule has 1 aliphatic carbocycles. The Balaban J connectivity index is 1.38. The number of rotatable bonds is 2. The average Bonchev–Trinajstić information content (AvgIpc) is 2.82. The minimum atomic E-state index is -0.219. The number of aromatic nitrogens is 1. The van der Waals surface area contributed by atoms with Crippen molar-refractivity contribution in [2.45, 2.75) is 25.7 Å². The molecule has 2 bridgehead atoms. The van der Waals surface area contributed by atoms with Crippen molar-refractivity contribution in [3.05, 3.63) is 106 Å². The van der Waals surface area contributed by atoms with Crippen molar-refractivity contribution in [2.75, 3.05) is 6.61 Å². The zero-order chi connectivity index (χ0) is 21.9. The first-order chi connectivity index (χ1) is 15.6. The fourth-order valence-corrected chi connectivity index (χ4v) is 4.65. The summed E-state index contributed by atoms with van der Waals surface area (Å²) in [4.78, 5) is 17.3. The van der Waals surface area contributed by atoms with E-state index in [1.807, 2.05) is 54.6 Å². The van der Waals surface area contributed by atoms with Crippen molar-refractivity contribution in [1.82, 2.24) is 4.98 Å². The molecular formula is C28H24ClNO2. The van der Waals surface area contributed by atoms with Gasteiger partial charge >= 0.3 is 5.97 Å². The smallest absolute Gasteiger partial charge is 0.338 e. The van der Waals surface area contributed by atoms with Crippen LogP contribution in [0.4, 0.5) is 0 Å². The van der Waals surface area contributed by atoms with E-state index in [1.54, 1.807) is 0 Å². The van der Waals surface area contributed by atoms with Crippen LogP contribution >= 0.6 is 11.6 Å². The minimum absolute atomic E-state index is 0.187. The van der Waals surface area contributed by atoms with Crippen LogP contribution in [0.5, 0.6) is 0 Å². The number of cyclic esters (lactones) is 1. The second kappa shape index (κ2) is 9.13. The Morgan fingerprint density at radius 3 is 2.84 bits per heavy atom. The fourth-order valence-electron chi connectivity index (χ4n) is 4.48. The molecule has 2 heterocycles. The van der Waals surface area contributed by atoms with Gasteiger partial charge in [-0.2, -0.15) is 0 Å². The summed E-state index contributed by atoms with van der Waals surface area (Å²) >= 11 is 6.12. The van der Waals surface area contributed by atoms with Gasteiger partial charge in [0.05, 0.1) is 23.4 Å². The van der Waals surface area contributed by atoms with E-state index in [1.165, 1.54) is 5.57 Å². The molecule has 160 valence electrons. The number of esters is 1. The normalized spacial score (nSPS) is 19.0. The topological polar surface area (TPSA) is 39.2 Å². The van der Waals surface area contributed by atoms with Crippen LogP contribution in [-0.2, 0) is 11.2 Å². The largest absolute Gasteiger partial charge is 0.461 e. The lowest BCUT2D eigenvalue weighted by molar-refractivity contribution is 0.0462. The maximum absolute atomic E-state index is 12.6. The molecule has 1 aromatic heterocycles. The summed E-state index contributed by atoms with van der Waals surface area (Å²) in [6.07, 6.45) is 12.5. The molecule has 0 amide bonds.